The minimum absolute atomic E-state index is 0. The van der Waals surface area contributed by atoms with E-state index in [4.69, 9.17) is 9.72 Å². The molecule has 66 heavy (non-hydrogen) atoms. The van der Waals surface area contributed by atoms with Gasteiger partial charge in [-0.1, -0.05) is 169 Å². The first-order valence-corrected chi connectivity index (χ1v) is 22.4. The third-order valence-electron chi connectivity index (χ3n) is 13.0. The van der Waals surface area contributed by atoms with Crippen molar-refractivity contribution in [1.29, 1.82) is 0 Å². The maximum absolute atomic E-state index is 6.70. The van der Waals surface area contributed by atoms with Crippen LogP contribution in [0.1, 0.15) is 76.4 Å². The Hall–Kier alpha value is -6.81. The van der Waals surface area contributed by atoms with Gasteiger partial charge in [0.1, 0.15) is 5.82 Å². The predicted molar refractivity (Wildman–Crippen MR) is 264 cm³/mol. The van der Waals surface area contributed by atoms with Crippen molar-refractivity contribution in [3.05, 3.63) is 235 Å². The monoisotopic (exact) mass is 1040 g/mol. The van der Waals surface area contributed by atoms with Gasteiger partial charge in [-0.15, -0.1) is 29.7 Å². The normalized spacial score (nSPS) is 12.0. The molecule has 330 valence electrons. The van der Waals surface area contributed by atoms with Gasteiger partial charge in [-0.2, -0.15) is 18.2 Å². The number of para-hydroxylation sites is 1. The molecule has 0 aliphatic heterocycles. The molecule has 0 saturated heterocycles. The second-order valence-electron chi connectivity index (χ2n) is 19.0. The molecule has 0 unspecified atom stereocenters. The molecule has 0 saturated carbocycles. The fraction of sp³-hybridized carbons (Fsp3) is 0.167. The molecule has 5 nitrogen and oxygen atoms in total. The molecule has 0 fully saturated rings. The second-order valence-corrected chi connectivity index (χ2v) is 19.0. The number of fused-ring (bicyclic) bond motifs is 3. The summed E-state index contributed by atoms with van der Waals surface area (Å²) in [5.74, 6) is 2.01. The molecule has 3 heterocycles. The molecular formula is C60H52N4OPt-2. The molecule has 0 radical (unpaired) electrons. The molecule has 10 rings (SSSR count). The first-order valence-electron chi connectivity index (χ1n) is 22.4. The first kappa shape index (κ1) is 44.4. The average Bonchev–Trinajstić information content (AvgIpc) is 3.93. The van der Waals surface area contributed by atoms with Crippen molar-refractivity contribution >= 4 is 21.8 Å². The minimum Gasteiger partial charge on any atom is -0.510 e. The quantitative estimate of drug-likeness (QED) is 0.101. The summed E-state index contributed by atoms with van der Waals surface area (Å²) in [6, 6.07) is 69.1. The number of pyridine rings is 1. The maximum atomic E-state index is 6.70. The Morgan fingerprint density at radius 3 is 1.89 bits per heavy atom. The van der Waals surface area contributed by atoms with Gasteiger partial charge in [0.25, 0.3) is 6.33 Å². The number of rotatable bonds is 10. The van der Waals surface area contributed by atoms with E-state index in [-0.39, 0.29) is 31.9 Å². The number of benzene rings is 7. The number of hydrogen-bond acceptors (Lipinski definition) is 2. The predicted octanol–water partition coefficient (Wildman–Crippen LogP) is 14.1. The molecule has 6 heteroatoms. The van der Waals surface area contributed by atoms with Crippen LogP contribution < -0.4 is 9.30 Å². The summed E-state index contributed by atoms with van der Waals surface area (Å²) < 4.78 is 13.2. The topological polar surface area (TPSA) is 35.9 Å². The van der Waals surface area contributed by atoms with E-state index < -0.39 is 5.41 Å². The van der Waals surface area contributed by atoms with Crippen LogP contribution in [0.3, 0.4) is 0 Å². The summed E-state index contributed by atoms with van der Waals surface area (Å²) >= 11 is 0. The molecule has 0 N–H and O–H groups in total. The van der Waals surface area contributed by atoms with E-state index >= 15 is 0 Å². The van der Waals surface area contributed by atoms with E-state index in [0.29, 0.717) is 11.5 Å². The van der Waals surface area contributed by atoms with Crippen LogP contribution >= 0.6 is 0 Å². The summed E-state index contributed by atoms with van der Waals surface area (Å²) in [4.78, 5) is 4.87. The Kier molecular flexibility index (Phi) is 11.8. The zero-order chi connectivity index (χ0) is 44.9. The fourth-order valence-electron chi connectivity index (χ4n) is 8.98. The van der Waals surface area contributed by atoms with Crippen molar-refractivity contribution in [3.8, 4) is 39.8 Å². The van der Waals surface area contributed by atoms with Crippen LogP contribution in [-0.4, -0.2) is 14.1 Å². The van der Waals surface area contributed by atoms with E-state index in [2.05, 4.69) is 245 Å². The Bertz CT molecular complexity index is 3320. The van der Waals surface area contributed by atoms with Crippen LogP contribution in [0.25, 0.3) is 50.1 Å². The fourth-order valence-corrected chi connectivity index (χ4v) is 8.98. The van der Waals surface area contributed by atoms with Crippen LogP contribution in [0.5, 0.6) is 11.5 Å². The molecular weight excluding hydrogens is 988 g/mol. The zero-order valence-corrected chi connectivity index (χ0v) is 40.7. The van der Waals surface area contributed by atoms with E-state index in [9.17, 15) is 0 Å². The van der Waals surface area contributed by atoms with Crippen molar-refractivity contribution in [2.24, 2.45) is 0 Å². The third kappa shape index (κ3) is 8.33. The van der Waals surface area contributed by atoms with Crippen LogP contribution in [0.2, 0.25) is 0 Å². The molecule has 7 aromatic carbocycles. The molecule has 10 aromatic rings. The van der Waals surface area contributed by atoms with Crippen molar-refractivity contribution in [1.82, 2.24) is 14.1 Å². The van der Waals surface area contributed by atoms with Gasteiger partial charge in [0.2, 0.25) is 0 Å². The molecule has 0 aliphatic rings. The molecule has 0 aliphatic carbocycles. The SMILES string of the molecule is CC(C)(C)c1ccnc(-n2c3[c-]c(Oc4[c-]c(-n5[c-][n+](-c6cc(-c7ccccc7)cc(C(C)(C)c7ccccc7)c6)cc5C(C)(C)c5ccccc5)ccc4)ccc3c3ccccc32)c1.[Pt]. The van der Waals surface area contributed by atoms with Crippen molar-refractivity contribution in [2.45, 2.75) is 64.7 Å². The van der Waals surface area contributed by atoms with E-state index in [1.54, 1.807) is 0 Å². The smallest absolute Gasteiger partial charge is 0.267 e. The Labute approximate surface area is 403 Å². The number of imidazole rings is 1. The maximum Gasteiger partial charge on any atom is 0.267 e. The van der Waals surface area contributed by atoms with Crippen molar-refractivity contribution in [3.63, 3.8) is 0 Å². The summed E-state index contributed by atoms with van der Waals surface area (Å²) in [6.07, 6.45) is 7.91. The zero-order valence-electron chi connectivity index (χ0n) is 38.4. The van der Waals surface area contributed by atoms with Gasteiger partial charge in [-0.3, -0.25) is 4.57 Å². The van der Waals surface area contributed by atoms with Gasteiger partial charge in [0.05, 0.1) is 11.4 Å². The number of ether oxygens (including phenoxy) is 1. The average molecular weight is 1040 g/mol. The van der Waals surface area contributed by atoms with E-state index in [1.807, 2.05) is 24.4 Å². The summed E-state index contributed by atoms with van der Waals surface area (Å²) in [5, 5.41) is 2.22. The van der Waals surface area contributed by atoms with Crippen molar-refractivity contribution < 1.29 is 30.4 Å². The Morgan fingerprint density at radius 1 is 0.530 bits per heavy atom. The van der Waals surface area contributed by atoms with Crippen LogP contribution in [0.4, 0.5) is 0 Å². The summed E-state index contributed by atoms with van der Waals surface area (Å²) in [6.45, 7) is 15.8. The Morgan fingerprint density at radius 2 is 1.18 bits per heavy atom. The molecule has 0 amide bonds. The van der Waals surface area contributed by atoms with Crippen LogP contribution in [0.15, 0.2) is 188 Å². The van der Waals surface area contributed by atoms with Crippen molar-refractivity contribution in [2.75, 3.05) is 0 Å². The molecule has 0 atom stereocenters. The third-order valence-corrected chi connectivity index (χ3v) is 13.0. The van der Waals surface area contributed by atoms with Gasteiger partial charge in [-0.25, -0.2) is 4.98 Å². The standard InChI is InChI=1S/C60H52N4O.Pt/c1-58(2,3)46-32-33-61-57(37-46)64-54-29-18-17-28-52(54)53-31-30-51(39-55(53)64)65-50-27-19-26-48(38-50)63-41-62(40-56(63)60(6,7)45-24-15-10-16-25-45)49-35-43(42-20-11-8-12-21-42)34-47(36-49)59(4,5)44-22-13-9-14-23-44;/h8-37,40H,1-7H3;/q-2;. The summed E-state index contributed by atoms with van der Waals surface area (Å²) in [7, 11) is 0. The number of nitrogens with zero attached hydrogens (tertiary/aromatic N) is 4. The largest absolute Gasteiger partial charge is 0.510 e. The summed E-state index contributed by atoms with van der Waals surface area (Å²) in [5.41, 5.74) is 11.3. The van der Waals surface area contributed by atoms with E-state index in [1.165, 1.54) is 22.3 Å². The van der Waals surface area contributed by atoms with Gasteiger partial charge >= 0.3 is 0 Å². The molecule has 0 spiro atoms. The second kappa shape index (κ2) is 17.5. The van der Waals surface area contributed by atoms with Gasteiger partial charge in [-0.05, 0) is 80.2 Å². The minimum atomic E-state index is -0.415. The number of hydrogen-bond donors (Lipinski definition) is 0. The molecule has 0 bridgehead atoms. The van der Waals surface area contributed by atoms with Gasteiger partial charge in [0.15, 0.2) is 0 Å². The van der Waals surface area contributed by atoms with Crippen LogP contribution in [0, 0.1) is 18.5 Å². The van der Waals surface area contributed by atoms with Gasteiger partial charge < -0.3 is 13.9 Å². The van der Waals surface area contributed by atoms with Gasteiger partial charge in [0, 0.05) is 61.3 Å². The Balaban J connectivity index is 0.00000548. The molecule has 3 aromatic heterocycles. The van der Waals surface area contributed by atoms with E-state index in [0.717, 1.165) is 55.8 Å². The first-order chi connectivity index (χ1) is 31.3. The van der Waals surface area contributed by atoms with Crippen LogP contribution in [-0.2, 0) is 37.3 Å². The number of aromatic nitrogens is 4.